The molecule has 0 unspecified atom stereocenters. The number of amides is 1. The highest BCUT2D eigenvalue weighted by Crippen LogP contribution is 2.22. The average molecular weight is 327 g/mol. The molecule has 0 bridgehead atoms. The summed E-state index contributed by atoms with van der Waals surface area (Å²) in [7, 11) is 0. The van der Waals surface area contributed by atoms with Crippen molar-refractivity contribution in [1.82, 2.24) is 14.9 Å². The smallest absolute Gasteiger partial charge is 0.223 e. The summed E-state index contributed by atoms with van der Waals surface area (Å²) < 4.78 is 0. The van der Waals surface area contributed by atoms with Crippen molar-refractivity contribution < 1.29 is 15.0 Å². The predicted molar refractivity (Wildman–Crippen MR) is 88.2 cm³/mol. The molecule has 1 aromatic carbocycles. The van der Waals surface area contributed by atoms with Crippen LogP contribution in [0.25, 0.3) is 0 Å². The first-order valence-corrected chi connectivity index (χ1v) is 8.10. The Kier molecular flexibility index (Phi) is 5.05. The summed E-state index contributed by atoms with van der Waals surface area (Å²) in [6, 6.07) is 6.94. The van der Waals surface area contributed by atoms with Crippen LogP contribution in [-0.2, 0) is 17.6 Å². The summed E-state index contributed by atoms with van der Waals surface area (Å²) in [5.41, 5.74) is 1.76. The monoisotopic (exact) mass is 327 g/mol. The van der Waals surface area contributed by atoms with E-state index < -0.39 is 6.10 Å². The van der Waals surface area contributed by atoms with Crippen molar-refractivity contribution in [2.45, 2.75) is 25.4 Å². The number of aliphatic hydroxyl groups is 1. The normalized spacial score (nSPS) is 20.3. The standard InChI is InChI=1S/C18H21N3O3/c22-16-3-1-2-13(8-16)4-5-18(24)21-11-14(17(23)12-21)9-15-10-19-6-7-20-15/h1-3,6-8,10,14,17,22-23H,4-5,9,11-12H2/t14-,17-/m1/s1. The van der Waals surface area contributed by atoms with Crippen LogP contribution in [0.2, 0.25) is 0 Å². The third kappa shape index (κ3) is 4.08. The van der Waals surface area contributed by atoms with Gasteiger partial charge in [-0.3, -0.25) is 14.8 Å². The zero-order valence-electron chi connectivity index (χ0n) is 13.4. The Morgan fingerprint density at radius 1 is 1.29 bits per heavy atom. The first-order valence-electron chi connectivity index (χ1n) is 8.10. The molecule has 1 aliphatic rings. The molecular weight excluding hydrogens is 306 g/mol. The molecule has 6 heteroatoms. The first-order chi connectivity index (χ1) is 11.6. The van der Waals surface area contributed by atoms with Crippen molar-refractivity contribution in [1.29, 1.82) is 0 Å². The molecule has 1 aromatic heterocycles. The number of nitrogens with zero attached hydrogens (tertiary/aromatic N) is 3. The summed E-state index contributed by atoms with van der Waals surface area (Å²) in [6.45, 7) is 0.903. The van der Waals surface area contributed by atoms with Gasteiger partial charge in [0.2, 0.25) is 5.91 Å². The van der Waals surface area contributed by atoms with Crippen LogP contribution in [0.1, 0.15) is 17.7 Å². The van der Waals surface area contributed by atoms with Crippen LogP contribution >= 0.6 is 0 Å². The molecule has 0 spiro atoms. The number of aromatic hydroxyl groups is 1. The van der Waals surface area contributed by atoms with E-state index in [0.29, 0.717) is 32.4 Å². The van der Waals surface area contributed by atoms with E-state index in [1.165, 1.54) is 0 Å². The van der Waals surface area contributed by atoms with Crippen LogP contribution < -0.4 is 0 Å². The van der Waals surface area contributed by atoms with Crippen LogP contribution in [0.5, 0.6) is 5.75 Å². The number of hydrogen-bond acceptors (Lipinski definition) is 5. The second-order valence-electron chi connectivity index (χ2n) is 6.20. The first kappa shape index (κ1) is 16.4. The molecule has 3 rings (SSSR count). The number of aliphatic hydroxyl groups excluding tert-OH is 1. The van der Waals surface area contributed by atoms with Gasteiger partial charge in [0, 0.05) is 44.0 Å². The highest BCUT2D eigenvalue weighted by molar-refractivity contribution is 5.76. The zero-order valence-corrected chi connectivity index (χ0v) is 13.4. The maximum atomic E-state index is 12.4. The molecule has 2 N–H and O–H groups in total. The minimum Gasteiger partial charge on any atom is -0.508 e. The minimum atomic E-state index is -0.531. The number of carbonyl (C=O) groups excluding carboxylic acids is 1. The van der Waals surface area contributed by atoms with Gasteiger partial charge in [0.25, 0.3) is 0 Å². The van der Waals surface area contributed by atoms with E-state index in [9.17, 15) is 15.0 Å². The predicted octanol–water partition coefficient (Wildman–Crippen LogP) is 1.18. The van der Waals surface area contributed by atoms with Crippen molar-refractivity contribution in [2.24, 2.45) is 5.92 Å². The Labute approximate surface area is 140 Å². The molecule has 2 aromatic rings. The van der Waals surface area contributed by atoms with Gasteiger partial charge in [0.1, 0.15) is 5.75 Å². The Morgan fingerprint density at radius 2 is 2.17 bits per heavy atom. The quantitative estimate of drug-likeness (QED) is 0.861. The maximum Gasteiger partial charge on any atom is 0.223 e. The van der Waals surface area contributed by atoms with Gasteiger partial charge in [-0.25, -0.2) is 0 Å². The van der Waals surface area contributed by atoms with E-state index >= 15 is 0 Å². The molecule has 2 atom stereocenters. The summed E-state index contributed by atoms with van der Waals surface area (Å²) in [5, 5.41) is 19.7. The average Bonchev–Trinajstić information content (AvgIpc) is 2.95. The summed E-state index contributed by atoms with van der Waals surface area (Å²) >= 11 is 0. The largest absolute Gasteiger partial charge is 0.508 e. The Morgan fingerprint density at radius 3 is 2.92 bits per heavy atom. The Hall–Kier alpha value is -2.47. The van der Waals surface area contributed by atoms with Crippen LogP contribution in [0.3, 0.4) is 0 Å². The van der Waals surface area contributed by atoms with Crippen LogP contribution in [0.15, 0.2) is 42.9 Å². The molecule has 1 amide bonds. The van der Waals surface area contributed by atoms with Gasteiger partial charge >= 0.3 is 0 Å². The van der Waals surface area contributed by atoms with E-state index in [2.05, 4.69) is 9.97 Å². The fourth-order valence-corrected chi connectivity index (χ4v) is 3.08. The number of rotatable bonds is 5. The van der Waals surface area contributed by atoms with Crippen LogP contribution in [0.4, 0.5) is 0 Å². The van der Waals surface area contributed by atoms with E-state index in [0.717, 1.165) is 11.3 Å². The Balaban J connectivity index is 1.53. The summed E-state index contributed by atoms with van der Waals surface area (Å²) in [5.74, 6) is 0.228. The molecule has 0 saturated carbocycles. The zero-order chi connectivity index (χ0) is 16.9. The van der Waals surface area contributed by atoms with Crippen molar-refractivity contribution >= 4 is 5.91 Å². The van der Waals surface area contributed by atoms with Crippen molar-refractivity contribution in [3.63, 3.8) is 0 Å². The number of likely N-dealkylation sites (tertiary alicyclic amines) is 1. The SMILES string of the molecule is O=C(CCc1cccc(O)c1)N1C[C@@H](Cc2cnccn2)[C@H](O)C1. The number of aromatic nitrogens is 2. The van der Waals surface area contributed by atoms with Gasteiger partial charge in [0.05, 0.1) is 11.8 Å². The van der Waals surface area contributed by atoms with Gasteiger partial charge in [-0.05, 0) is 30.5 Å². The number of phenolic OH excluding ortho intramolecular Hbond substituents is 1. The van der Waals surface area contributed by atoms with Gasteiger partial charge in [-0.2, -0.15) is 0 Å². The van der Waals surface area contributed by atoms with Gasteiger partial charge in [-0.1, -0.05) is 12.1 Å². The summed E-state index contributed by atoms with van der Waals surface area (Å²) in [6.07, 6.45) is 5.98. The molecular formula is C18H21N3O3. The minimum absolute atomic E-state index is 0.00794. The third-order valence-corrected chi connectivity index (χ3v) is 4.39. The van der Waals surface area contributed by atoms with Crippen molar-refractivity contribution in [3.8, 4) is 5.75 Å². The summed E-state index contributed by atoms with van der Waals surface area (Å²) in [4.78, 5) is 22.3. The topological polar surface area (TPSA) is 86.5 Å². The van der Waals surface area contributed by atoms with Gasteiger partial charge < -0.3 is 15.1 Å². The lowest BCUT2D eigenvalue weighted by atomic mass is 10.0. The molecule has 126 valence electrons. The number of carbonyl (C=O) groups is 1. The molecule has 1 aliphatic heterocycles. The van der Waals surface area contributed by atoms with Crippen molar-refractivity contribution in [2.75, 3.05) is 13.1 Å². The number of phenols is 1. The number of β-amino-alcohol motifs (C(OH)–C–C–N with tert-alkyl or cyclic N) is 1. The number of aryl methyl sites for hydroxylation is 1. The van der Waals surface area contributed by atoms with Crippen LogP contribution in [0, 0.1) is 5.92 Å². The molecule has 0 aliphatic carbocycles. The fourth-order valence-electron chi connectivity index (χ4n) is 3.08. The second-order valence-corrected chi connectivity index (χ2v) is 6.20. The lowest BCUT2D eigenvalue weighted by Gasteiger charge is -2.16. The van der Waals surface area contributed by atoms with Crippen LogP contribution in [-0.4, -0.2) is 50.2 Å². The Bertz CT molecular complexity index is 693. The van der Waals surface area contributed by atoms with E-state index in [4.69, 9.17) is 0 Å². The van der Waals surface area contributed by atoms with E-state index in [-0.39, 0.29) is 17.6 Å². The molecule has 24 heavy (non-hydrogen) atoms. The lowest BCUT2D eigenvalue weighted by molar-refractivity contribution is -0.130. The van der Waals surface area contributed by atoms with Gasteiger partial charge in [0.15, 0.2) is 0 Å². The number of benzene rings is 1. The second kappa shape index (κ2) is 7.40. The highest BCUT2D eigenvalue weighted by Gasteiger charge is 2.33. The molecule has 6 nitrogen and oxygen atoms in total. The number of hydrogen-bond donors (Lipinski definition) is 2. The molecule has 2 heterocycles. The molecule has 1 fully saturated rings. The third-order valence-electron chi connectivity index (χ3n) is 4.39. The fraction of sp³-hybridized carbons (Fsp3) is 0.389. The van der Waals surface area contributed by atoms with Gasteiger partial charge in [-0.15, -0.1) is 0 Å². The van der Waals surface area contributed by atoms with E-state index in [1.807, 2.05) is 6.07 Å². The molecule has 0 radical (unpaired) electrons. The van der Waals surface area contributed by atoms with E-state index in [1.54, 1.807) is 41.7 Å². The highest BCUT2D eigenvalue weighted by atomic mass is 16.3. The van der Waals surface area contributed by atoms with Crippen molar-refractivity contribution in [3.05, 3.63) is 54.1 Å². The maximum absolute atomic E-state index is 12.4. The molecule has 1 saturated heterocycles. The lowest BCUT2D eigenvalue weighted by Crippen LogP contribution is -2.29.